The Hall–Kier alpha value is -1.71. The Morgan fingerprint density at radius 1 is 1.06 bits per heavy atom. The third kappa shape index (κ3) is 2.15. The first kappa shape index (κ1) is 11.4. The maximum Gasteiger partial charge on any atom is 0.0945 e. The van der Waals surface area contributed by atoms with E-state index >= 15 is 0 Å². The molecule has 0 amide bonds. The second kappa shape index (κ2) is 4.88. The van der Waals surface area contributed by atoms with Crippen LogP contribution in [0.25, 0.3) is 22.0 Å². The molecule has 0 atom stereocenters. The van der Waals surface area contributed by atoms with Crippen LogP contribution >= 0.6 is 11.3 Å². The quantitative estimate of drug-likeness (QED) is 0.777. The number of thiazole rings is 1. The van der Waals surface area contributed by atoms with Crippen LogP contribution in [0.2, 0.25) is 0 Å². The molecule has 3 rings (SSSR count). The molecule has 1 aromatic heterocycles. The number of nitrogens with two attached hydrogens (primary N) is 1. The molecular weight excluding hydrogens is 240 g/mol. The summed E-state index contributed by atoms with van der Waals surface area (Å²) in [4.78, 5) is 4.62. The fourth-order valence-electron chi connectivity index (χ4n) is 2.03. The van der Waals surface area contributed by atoms with E-state index in [-0.39, 0.29) is 0 Å². The first-order valence-corrected chi connectivity index (χ1v) is 6.88. The molecular formula is C15H14N2S. The number of rotatable bonds is 3. The van der Waals surface area contributed by atoms with E-state index in [0.29, 0.717) is 6.54 Å². The lowest BCUT2D eigenvalue weighted by Gasteiger charge is -2.00. The van der Waals surface area contributed by atoms with Gasteiger partial charge in [-0.05, 0) is 23.4 Å². The topological polar surface area (TPSA) is 38.9 Å². The van der Waals surface area contributed by atoms with Gasteiger partial charge in [0, 0.05) is 17.4 Å². The molecule has 0 radical (unpaired) electrons. The Balaban J connectivity index is 2.02. The average molecular weight is 254 g/mol. The van der Waals surface area contributed by atoms with E-state index in [1.54, 1.807) is 11.3 Å². The number of hydrogen-bond donors (Lipinski definition) is 1. The van der Waals surface area contributed by atoms with Gasteiger partial charge in [-0.3, -0.25) is 0 Å². The Kier molecular flexibility index (Phi) is 3.09. The van der Waals surface area contributed by atoms with Crippen LogP contribution < -0.4 is 5.73 Å². The molecule has 2 aromatic carbocycles. The van der Waals surface area contributed by atoms with Crippen molar-refractivity contribution < 1.29 is 0 Å². The van der Waals surface area contributed by atoms with Gasteiger partial charge < -0.3 is 5.73 Å². The molecule has 18 heavy (non-hydrogen) atoms. The van der Waals surface area contributed by atoms with Crippen molar-refractivity contribution in [3.63, 3.8) is 0 Å². The number of hydrogen-bond acceptors (Lipinski definition) is 3. The number of aromatic nitrogens is 1. The highest BCUT2D eigenvalue weighted by Crippen LogP contribution is 2.25. The highest BCUT2D eigenvalue weighted by atomic mass is 32.1. The minimum absolute atomic E-state index is 0.657. The lowest BCUT2D eigenvalue weighted by Crippen LogP contribution is -2.01. The summed E-state index contributed by atoms with van der Waals surface area (Å²) in [5.74, 6) is 0. The third-order valence-electron chi connectivity index (χ3n) is 2.96. The van der Waals surface area contributed by atoms with Crippen LogP contribution in [0, 0.1) is 0 Å². The van der Waals surface area contributed by atoms with E-state index in [2.05, 4.69) is 52.8 Å². The van der Waals surface area contributed by atoms with E-state index in [4.69, 9.17) is 5.73 Å². The Labute approximate surface area is 110 Å². The zero-order valence-electron chi connectivity index (χ0n) is 9.97. The lowest BCUT2D eigenvalue weighted by atomic mass is 10.1. The molecule has 0 aliphatic rings. The molecule has 2 N–H and O–H groups in total. The van der Waals surface area contributed by atoms with Crippen molar-refractivity contribution in [2.24, 2.45) is 5.73 Å². The van der Waals surface area contributed by atoms with Gasteiger partial charge in [0.05, 0.1) is 10.7 Å². The summed E-state index contributed by atoms with van der Waals surface area (Å²) in [6, 6.07) is 14.8. The summed E-state index contributed by atoms with van der Waals surface area (Å²) in [5, 5.41) is 5.73. The molecule has 3 aromatic rings. The van der Waals surface area contributed by atoms with Crippen LogP contribution in [0.4, 0.5) is 0 Å². The van der Waals surface area contributed by atoms with E-state index in [0.717, 1.165) is 17.1 Å². The Bertz CT molecular complexity index is 673. The van der Waals surface area contributed by atoms with Crippen LogP contribution in [0.1, 0.15) is 5.01 Å². The molecule has 0 saturated heterocycles. The molecule has 90 valence electrons. The fraction of sp³-hybridized carbons (Fsp3) is 0.133. The maximum atomic E-state index is 5.55. The molecule has 1 heterocycles. The van der Waals surface area contributed by atoms with Crippen molar-refractivity contribution in [3.05, 3.63) is 52.9 Å². The van der Waals surface area contributed by atoms with Crippen molar-refractivity contribution in [3.8, 4) is 11.3 Å². The summed E-state index contributed by atoms with van der Waals surface area (Å²) < 4.78 is 0. The van der Waals surface area contributed by atoms with Gasteiger partial charge in [0.25, 0.3) is 0 Å². The van der Waals surface area contributed by atoms with Crippen LogP contribution in [0.5, 0.6) is 0 Å². The third-order valence-corrected chi connectivity index (χ3v) is 3.86. The van der Waals surface area contributed by atoms with Gasteiger partial charge in [-0.25, -0.2) is 4.98 Å². The second-order valence-corrected chi connectivity index (χ2v) is 5.17. The largest absolute Gasteiger partial charge is 0.330 e. The summed E-state index contributed by atoms with van der Waals surface area (Å²) >= 11 is 1.68. The molecule has 0 spiro atoms. The van der Waals surface area contributed by atoms with Crippen molar-refractivity contribution in [2.45, 2.75) is 6.42 Å². The van der Waals surface area contributed by atoms with E-state index in [1.165, 1.54) is 16.3 Å². The predicted molar refractivity (Wildman–Crippen MR) is 77.8 cm³/mol. The molecule has 3 heteroatoms. The zero-order valence-corrected chi connectivity index (χ0v) is 10.8. The van der Waals surface area contributed by atoms with Crippen molar-refractivity contribution >= 4 is 22.1 Å². The molecule has 0 saturated carbocycles. The minimum atomic E-state index is 0.657. The van der Waals surface area contributed by atoms with E-state index in [9.17, 15) is 0 Å². The SMILES string of the molecule is NCCc1nc(-c2ccc3ccccc3c2)cs1. The van der Waals surface area contributed by atoms with E-state index < -0.39 is 0 Å². The van der Waals surface area contributed by atoms with Crippen LogP contribution in [0.3, 0.4) is 0 Å². The van der Waals surface area contributed by atoms with E-state index in [1.807, 2.05) is 0 Å². The first-order chi connectivity index (χ1) is 8.86. The smallest absolute Gasteiger partial charge is 0.0945 e. The minimum Gasteiger partial charge on any atom is -0.330 e. The lowest BCUT2D eigenvalue weighted by molar-refractivity contribution is 0.954. The number of nitrogens with zero attached hydrogens (tertiary/aromatic N) is 1. The van der Waals surface area contributed by atoms with Crippen LogP contribution in [-0.2, 0) is 6.42 Å². The maximum absolute atomic E-state index is 5.55. The molecule has 2 nitrogen and oxygen atoms in total. The Morgan fingerprint density at radius 3 is 2.72 bits per heavy atom. The van der Waals surface area contributed by atoms with Gasteiger partial charge in [0.1, 0.15) is 0 Å². The summed E-state index contributed by atoms with van der Waals surface area (Å²) in [7, 11) is 0. The molecule has 0 unspecified atom stereocenters. The van der Waals surface area contributed by atoms with Crippen molar-refractivity contribution in [1.82, 2.24) is 4.98 Å². The molecule has 0 bridgehead atoms. The van der Waals surface area contributed by atoms with Crippen LogP contribution in [0.15, 0.2) is 47.8 Å². The first-order valence-electron chi connectivity index (χ1n) is 6.00. The standard InChI is InChI=1S/C15H14N2S/c16-8-7-15-17-14(10-18-15)13-6-5-11-3-1-2-4-12(11)9-13/h1-6,9-10H,7-8,16H2. The zero-order chi connectivity index (χ0) is 12.4. The number of benzene rings is 2. The highest BCUT2D eigenvalue weighted by molar-refractivity contribution is 7.09. The van der Waals surface area contributed by atoms with Crippen molar-refractivity contribution in [1.29, 1.82) is 0 Å². The predicted octanol–water partition coefficient (Wildman–Crippen LogP) is 3.46. The molecule has 0 fully saturated rings. The van der Waals surface area contributed by atoms with Gasteiger partial charge in [-0.2, -0.15) is 0 Å². The van der Waals surface area contributed by atoms with Gasteiger partial charge in [0.15, 0.2) is 0 Å². The molecule has 0 aliphatic heterocycles. The van der Waals surface area contributed by atoms with Gasteiger partial charge >= 0.3 is 0 Å². The average Bonchev–Trinajstić information content (AvgIpc) is 2.87. The monoisotopic (exact) mass is 254 g/mol. The summed E-state index contributed by atoms with van der Waals surface area (Å²) in [6.45, 7) is 0.657. The highest BCUT2D eigenvalue weighted by Gasteiger charge is 2.04. The Morgan fingerprint density at radius 2 is 1.89 bits per heavy atom. The molecule has 0 aliphatic carbocycles. The normalized spacial score (nSPS) is 10.9. The van der Waals surface area contributed by atoms with Gasteiger partial charge in [-0.1, -0.05) is 36.4 Å². The summed E-state index contributed by atoms with van der Waals surface area (Å²) in [6.07, 6.45) is 0.859. The van der Waals surface area contributed by atoms with Gasteiger partial charge in [-0.15, -0.1) is 11.3 Å². The number of fused-ring (bicyclic) bond motifs is 1. The van der Waals surface area contributed by atoms with Crippen LogP contribution in [-0.4, -0.2) is 11.5 Å². The second-order valence-electron chi connectivity index (χ2n) is 4.23. The van der Waals surface area contributed by atoms with Crippen molar-refractivity contribution in [2.75, 3.05) is 6.54 Å². The summed E-state index contributed by atoms with van der Waals surface area (Å²) in [5.41, 5.74) is 7.77. The van der Waals surface area contributed by atoms with Gasteiger partial charge in [0.2, 0.25) is 0 Å². The fourth-order valence-corrected chi connectivity index (χ4v) is 2.85.